The van der Waals surface area contributed by atoms with Crippen LogP contribution in [-0.2, 0) is 4.79 Å². The quantitative estimate of drug-likeness (QED) is 0.863. The van der Waals surface area contributed by atoms with E-state index in [-0.39, 0.29) is 12.0 Å². The van der Waals surface area contributed by atoms with Gasteiger partial charge in [0.25, 0.3) is 0 Å². The molecule has 20 heavy (non-hydrogen) atoms. The first-order chi connectivity index (χ1) is 9.58. The Bertz CT molecular complexity index is 561. The van der Waals surface area contributed by atoms with Crippen molar-refractivity contribution in [1.29, 1.82) is 0 Å². The fraction of sp³-hybridized carbons (Fsp3) is 0.500. The lowest BCUT2D eigenvalue weighted by molar-refractivity contribution is -0.141. The fourth-order valence-corrected chi connectivity index (χ4v) is 3.75. The van der Waals surface area contributed by atoms with Gasteiger partial charge in [0.05, 0.1) is 10.4 Å². The molecule has 2 aliphatic rings. The van der Waals surface area contributed by atoms with Crippen LogP contribution in [0.5, 0.6) is 11.5 Å². The maximum absolute atomic E-state index is 11.1. The van der Waals surface area contributed by atoms with E-state index in [9.17, 15) is 4.79 Å². The van der Waals surface area contributed by atoms with Gasteiger partial charge >= 0.3 is 5.97 Å². The monoisotopic (exact) mass is 341 g/mol. The second kappa shape index (κ2) is 5.26. The minimum atomic E-state index is -0.744. The Hall–Kier alpha value is -1.27. The highest BCUT2D eigenvalue weighted by atomic mass is 79.9. The Labute approximate surface area is 125 Å². The van der Waals surface area contributed by atoms with Gasteiger partial charge in [-0.3, -0.25) is 4.79 Å². The lowest BCUT2D eigenvalue weighted by Crippen LogP contribution is -2.19. The van der Waals surface area contributed by atoms with Crippen molar-refractivity contribution in [3.63, 3.8) is 0 Å². The number of nitrogens with one attached hydrogen (secondary N) is 1. The summed E-state index contributed by atoms with van der Waals surface area (Å²) in [5.41, 5.74) is 2.14. The minimum Gasteiger partial charge on any atom is -0.486 e. The van der Waals surface area contributed by atoms with Gasteiger partial charge in [-0.15, -0.1) is 0 Å². The van der Waals surface area contributed by atoms with Crippen LogP contribution >= 0.6 is 15.9 Å². The molecular weight excluding hydrogens is 326 g/mol. The zero-order valence-corrected chi connectivity index (χ0v) is 12.7. The second-order valence-electron chi connectivity index (χ2n) is 5.18. The van der Waals surface area contributed by atoms with Crippen LogP contribution in [0.4, 0.5) is 0 Å². The number of fused-ring (bicyclic) bond motifs is 1. The maximum Gasteiger partial charge on any atom is 0.307 e. The standard InChI is InChI=1S/C14H16BrNO4/c1-7-4-10-13(20-3-2-19-10)12(15)11(7)9-5-8(6-16-9)14(17)18/h4,8-9,16H,2-3,5-6H2,1H3,(H,17,18). The van der Waals surface area contributed by atoms with Gasteiger partial charge in [0.15, 0.2) is 11.5 Å². The normalized spacial score (nSPS) is 24.7. The Kier molecular flexibility index (Phi) is 3.60. The van der Waals surface area contributed by atoms with Crippen LogP contribution in [0.2, 0.25) is 0 Å². The number of carboxylic acids is 1. The van der Waals surface area contributed by atoms with Crippen LogP contribution in [0.3, 0.4) is 0 Å². The number of hydrogen-bond donors (Lipinski definition) is 2. The van der Waals surface area contributed by atoms with Gasteiger partial charge in [-0.2, -0.15) is 0 Å². The zero-order valence-electron chi connectivity index (χ0n) is 11.1. The Balaban J connectivity index is 1.96. The molecule has 2 aliphatic heterocycles. The largest absolute Gasteiger partial charge is 0.486 e. The fourth-order valence-electron chi connectivity index (χ4n) is 2.85. The molecule has 0 spiro atoms. The van der Waals surface area contributed by atoms with E-state index in [1.807, 2.05) is 13.0 Å². The van der Waals surface area contributed by atoms with Gasteiger partial charge < -0.3 is 19.9 Å². The van der Waals surface area contributed by atoms with E-state index in [4.69, 9.17) is 14.6 Å². The van der Waals surface area contributed by atoms with Gasteiger partial charge in [0, 0.05) is 12.6 Å². The first-order valence-electron chi connectivity index (χ1n) is 6.62. The Morgan fingerprint density at radius 3 is 2.90 bits per heavy atom. The molecule has 2 N–H and O–H groups in total. The molecule has 0 aromatic heterocycles. The highest BCUT2D eigenvalue weighted by Crippen LogP contribution is 2.45. The number of halogens is 1. The number of ether oxygens (including phenoxy) is 2. The third-order valence-electron chi connectivity index (χ3n) is 3.85. The number of carboxylic acid groups (broad SMARTS) is 1. The number of aryl methyl sites for hydroxylation is 1. The van der Waals surface area contributed by atoms with Gasteiger partial charge in [-0.1, -0.05) is 0 Å². The third-order valence-corrected chi connectivity index (χ3v) is 4.64. The van der Waals surface area contributed by atoms with E-state index in [0.717, 1.165) is 27.1 Å². The van der Waals surface area contributed by atoms with Gasteiger partial charge in [-0.05, 0) is 46.5 Å². The molecule has 0 bridgehead atoms. The number of carbonyl (C=O) groups is 1. The molecule has 0 aliphatic carbocycles. The second-order valence-corrected chi connectivity index (χ2v) is 5.97. The molecular formula is C14H16BrNO4. The topological polar surface area (TPSA) is 67.8 Å². The highest BCUT2D eigenvalue weighted by Gasteiger charge is 2.33. The van der Waals surface area contributed by atoms with E-state index in [1.54, 1.807) is 0 Å². The van der Waals surface area contributed by atoms with Crippen LogP contribution in [0.15, 0.2) is 10.5 Å². The predicted octanol–water partition coefficient (Wildman–Crippen LogP) is 2.26. The summed E-state index contributed by atoms with van der Waals surface area (Å²) in [6, 6.07) is 1.99. The molecule has 2 unspecified atom stereocenters. The molecule has 0 saturated carbocycles. The molecule has 0 amide bonds. The van der Waals surface area contributed by atoms with Gasteiger partial charge in [0.2, 0.25) is 0 Å². The van der Waals surface area contributed by atoms with Crippen molar-refractivity contribution >= 4 is 21.9 Å². The zero-order chi connectivity index (χ0) is 14.3. The van der Waals surface area contributed by atoms with E-state index in [1.165, 1.54) is 0 Å². The number of benzene rings is 1. The molecule has 1 aromatic rings. The van der Waals surface area contributed by atoms with E-state index in [0.29, 0.717) is 26.2 Å². The SMILES string of the molecule is Cc1cc2c(c(Br)c1C1CC(C(=O)O)CN1)OCCO2. The Morgan fingerprint density at radius 2 is 2.20 bits per heavy atom. The van der Waals surface area contributed by atoms with Crippen molar-refractivity contribution in [3.05, 3.63) is 21.7 Å². The van der Waals surface area contributed by atoms with Crippen LogP contribution in [-0.4, -0.2) is 30.8 Å². The average molecular weight is 342 g/mol. The molecule has 6 heteroatoms. The molecule has 2 heterocycles. The molecule has 1 saturated heterocycles. The summed E-state index contributed by atoms with van der Waals surface area (Å²) in [6.07, 6.45) is 0.592. The molecule has 1 fully saturated rings. The molecule has 1 aromatic carbocycles. The van der Waals surface area contributed by atoms with Crippen LogP contribution in [0, 0.1) is 12.8 Å². The van der Waals surface area contributed by atoms with Crippen molar-refractivity contribution in [2.75, 3.05) is 19.8 Å². The van der Waals surface area contributed by atoms with Gasteiger partial charge in [0.1, 0.15) is 13.2 Å². The summed E-state index contributed by atoms with van der Waals surface area (Å²) in [4.78, 5) is 11.1. The summed E-state index contributed by atoms with van der Waals surface area (Å²) >= 11 is 3.59. The lowest BCUT2D eigenvalue weighted by Gasteiger charge is -2.24. The average Bonchev–Trinajstić information content (AvgIpc) is 2.88. The van der Waals surface area contributed by atoms with Crippen molar-refractivity contribution in [3.8, 4) is 11.5 Å². The first kappa shape index (κ1) is 13.7. The van der Waals surface area contributed by atoms with Crippen molar-refractivity contribution in [1.82, 2.24) is 5.32 Å². The molecule has 2 atom stereocenters. The third kappa shape index (κ3) is 2.27. The predicted molar refractivity (Wildman–Crippen MR) is 76.4 cm³/mol. The van der Waals surface area contributed by atoms with Crippen molar-refractivity contribution < 1.29 is 19.4 Å². The van der Waals surface area contributed by atoms with E-state index < -0.39 is 5.97 Å². The van der Waals surface area contributed by atoms with Crippen molar-refractivity contribution in [2.45, 2.75) is 19.4 Å². The molecule has 3 rings (SSSR count). The number of aliphatic carboxylic acids is 1. The summed E-state index contributed by atoms with van der Waals surface area (Å²) in [5.74, 6) is 0.389. The molecule has 5 nitrogen and oxygen atoms in total. The lowest BCUT2D eigenvalue weighted by atomic mass is 9.96. The molecule has 0 radical (unpaired) electrons. The van der Waals surface area contributed by atoms with E-state index >= 15 is 0 Å². The van der Waals surface area contributed by atoms with Crippen LogP contribution in [0.25, 0.3) is 0 Å². The highest BCUT2D eigenvalue weighted by molar-refractivity contribution is 9.10. The van der Waals surface area contributed by atoms with Crippen LogP contribution < -0.4 is 14.8 Å². The molecule has 108 valence electrons. The Morgan fingerprint density at radius 1 is 1.45 bits per heavy atom. The number of rotatable bonds is 2. The number of hydrogen-bond acceptors (Lipinski definition) is 4. The maximum atomic E-state index is 11.1. The smallest absolute Gasteiger partial charge is 0.307 e. The minimum absolute atomic E-state index is 0.0290. The van der Waals surface area contributed by atoms with E-state index in [2.05, 4.69) is 21.2 Å². The van der Waals surface area contributed by atoms with Crippen LogP contribution in [0.1, 0.15) is 23.6 Å². The summed E-state index contributed by atoms with van der Waals surface area (Å²) in [6.45, 7) is 3.60. The summed E-state index contributed by atoms with van der Waals surface area (Å²) in [7, 11) is 0. The summed E-state index contributed by atoms with van der Waals surface area (Å²) < 4.78 is 12.1. The van der Waals surface area contributed by atoms with Crippen molar-refractivity contribution in [2.24, 2.45) is 5.92 Å². The summed E-state index contributed by atoms with van der Waals surface area (Å²) in [5, 5.41) is 12.4. The van der Waals surface area contributed by atoms with Gasteiger partial charge in [-0.25, -0.2) is 0 Å². The first-order valence-corrected chi connectivity index (χ1v) is 7.42.